The van der Waals surface area contributed by atoms with Crippen LogP contribution in [0.2, 0.25) is 0 Å². The molecule has 0 heterocycles. The van der Waals surface area contributed by atoms with Crippen LogP contribution in [0.1, 0.15) is 89.0 Å². The number of unbranched alkanes of at least 4 members (excludes halogenated alkanes) is 7. The van der Waals surface area contributed by atoms with Gasteiger partial charge in [-0.15, -0.1) is 0 Å². The zero-order valence-corrected chi connectivity index (χ0v) is 25.3. The van der Waals surface area contributed by atoms with E-state index < -0.39 is 45.7 Å². The fourth-order valence-corrected chi connectivity index (χ4v) is 6.13. The maximum absolute atomic E-state index is 13.3. The molecule has 0 radical (unpaired) electrons. The summed E-state index contributed by atoms with van der Waals surface area (Å²) in [6.07, 6.45) is -0.980. The van der Waals surface area contributed by atoms with Crippen molar-refractivity contribution < 1.29 is 41.5 Å². The maximum Gasteiger partial charge on any atom is 0.297 e. The van der Waals surface area contributed by atoms with Gasteiger partial charge in [-0.05, 0) is 57.3 Å². The van der Waals surface area contributed by atoms with E-state index in [0.717, 1.165) is 49.7 Å². The standard InChI is InChI=1S/C30H46O8S2/c1-5-29(37-39(31,32)27-19-15-25(2)16-20-27)30(38-40(33,34)28-21-17-26(3)18-22-28)14-12-10-8-6-7-9-11-13-23-36-24-35-4/h15-22,29-30H,5-14,23-24H2,1-4H3/t29-,30+/m0/s1/i1D3,5D2. The van der Waals surface area contributed by atoms with E-state index in [2.05, 4.69) is 0 Å². The molecule has 0 saturated carbocycles. The van der Waals surface area contributed by atoms with Crippen molar-refractivity contribution in [2.45, 2.75) is 107 Å². The summed E-state index contributed by atoms with van der Waals surface area (Å²) in [5.41, 5.74) is 1.54. The van der Waals surface area contributed by atoms with Crippen molar-refractivity contribution in [3.8, 4) is 0 Å². The Morgan fingerprint density at radius 2 is 1.15 bits per heavy atom. The Labute approximate surface area is 248 Å². The molecule has 8 nitrogen and oxygen atoms in total. The Balaban J connectivity index is 2.26. The van der Waals surface area contributed by atoms with Crippen LogP contribution in [-0.2, 0) is 38.1 Å². The Morgan fingerprint density at radius 1 is 0.700 bits per heavy atom. The molecule has 0 saturated heterocycles. The minimum absolute atomic E-state index is 0.161. The van der Waals surface area contributed by atoms with Gasteiger partial charge in [0.2, 0.25) is 0 Å². The summed E-state index contributed by atoms with van der Waals surface area (Å²) in [5, 5.41) is 0. The lowest BCUT2D eigenvalue weighted by molar-refractivity contribution is -0.0315. The third-order valence-electron chi connectivity index (χ3n) is 6.31. The highest BCUT2D eigenvalue weighted by molar-refractivity contribution is 7.87. The summed E-state index contributed by atoms with van der Waals surface area (Å²) < 4.78 is 115. The predicted molar refractivity (Wildman–Crippen MR) is 156 cm³/mol. The number of rotatable bonds is 21. The smallest absolute Gasteiger partial charge is 0.297 e. The van der Waals surface area contributed by atoms with Gasteiger partial charge >= 0.3 is 0 Å². The van der Waals surface area contributed by atoms with Gasteiger partial charge < -0.3 is 9.47 Å². The second kappa shape index (κ2) is 17.9. The van der Waals surface area contributed by atoms with E-state index in [-0.39, 0.29) is 23.0 Å². The van der Waals surface area contributed by atoms with Crippen LogP contribution < -0.4 is 0 Å². The first-order valence-corrected chi connectivity index (χ1v) is 16.4. The molecule has 0 bridgehead atoms. The van der Waals surface area contributed by atoms with Crippen molar-refractivity contribution in [3.05, 3.63) is 59.7 Å². The monoisotopic (exact) mass is 603 g/mol. The van der Waals surface area contributed by atoms with Crippen LogP contribution in [-0.4, -0.2) is 49.6 Å². The van der Waals surface area contributed by atoms with Gasteiger partial charge in [0.05, 0.1) is 9.79 Å². The number of benzene rings is 2. The number of methoxy groups -OCH3 is 1. The van der Waals surface area contributed by atoms with Crippen LogP contribution in [0.3, 0.4) is 0 Å². The molecule has 2 aromatic carbocycles. The van der Waals surface area contributed by atoms with Gasteiger partial charge in [-0.2, -0.15) is 16.8 Å². The fraction of sp³-hybridized carbons (Fsp3) is 0.600. The lowest BCUT2D eigenvalue weighted by atomic mass is 10.0. The Kier molecular flexibility index (Phi) is 12.1. The van der Waals surface area contributed by atoms with E-state index in [0.29, 0.717) is 19.4 Å². The van der Waals surface area contributed by atoms with Crippen LogP contribution in [0, 0.1) is 13.8 Å². The summed E-state index contributed by atoms with van der Waals surface area (Å²) in [6, 6.07) is 11.2. The van der Waals surface area contributed by atoms with Crippen LogP contribution in [0.15, 0.2) is 58.3 Å². The van der Waals surface area contributed by atoms with Crippen molar-refractivity contribution in [1.82, 2.24) is 0 Å². The summed E-state index contributed by atoms with van der Waals surface area (Å²) in [4.78, 5) is -0.565. The van der Waals surface area contributed by atoms with Crippen LogP contribution in [0.25, 0.3) is 0 Å². The summed E-state index contributed by atoms with van der Waals surface area (Å²) >= 11 is 0. The van der Waals surface area contributed by atoms with Gasteiger partial charge in [0.25, 0.3) is 20.2 Å². The molecule has 2 rings (SSSR count). The average molecular weight is 604 g/mol. The maximum atomic E-state index is 13.3. The van der Waals surface area contributed by atoms with Crippen molar-refractivity contribution in [3.63, 3.8) is 0 Å². The lowest BCUT2D eigenvalue weighted by Crippen LogP contribution is -2.35. The first kappa shape index (κ1) is 27.0. The fourth-order valence-electron chi connectivity index (χ4n) is 4.00. The zero-order valence-electron chi connectivity index (χ0n) is 28.6. The van der Waals surface area contributed by atoms with E-state index in [9.17, 15) is 16.8 Å². The topological polar surface area (TPSA) is 105 Å². The van der Waals surface area contributed by atoms with Gasteiger partial charge in [0, 0.05) is 20.6 Å². The molecule has 0 aliphatic carbocycles. The van der Waals surface area contributed by atoms with E-state index in [4.69, 9.17) is 24.7 Å². The van der Waals surface area contributed by atoms with Crippen molar-refractivity contribution >= 4 is 20.2 Å². The minimum Gasteiger partial charge on any atom is -0.359 e. The molecule has 0 aliphatic heterocycles. The van der Waals surface area contributed by atoms with Gasteiger partial charge in [0.1, 0.15) is 19.0 Å². The highest BCUT2D eigenvalue weighted by Gasteiger charge is 2.32. The zero-order chi connectivity index (χ0) is 33.7. The highest BCUT2D eigenvalue weighted by Crippen LogP contribution is 2.26. The molecule has 0 unspecified atom stereocenters. The Morgan fingerprint density at radius 3 is 1.62 bits per heavy atom. The minimum atomic E-state index is -4.73. The number of aryl methyl sites for hydroxylation is 2. The van der Waals surface area contributed by atoms with Crippen LogP contribution >= 0.6 is 0 Å². The molecule has 0 spiro atoms. The first-order valence-electron chi connectivity index (χ1n) is 16.1. The van der Waals surface area contributed by atoms with Crippen LogP contribution in [0.4, 0.5) is 0 Å². The molecular weight excluding hydrogens is 552 g/mol. The lowest BCUT2D eigenvalue weighted by Gasteiger charge is -2.26. The highest BCUT2D eigenvalue weighted by atomic mass is 32.2. The summed E-state index contributed by atoms with van der Waals surface area (Å²) in [7, 11) is -7.72. The Bertz CT molecular complexity index is 1360. The molecule has 0 fully saturated rings. The van der Waals surface area contributed by atoms with Gasteiger partial charge in [-0.25, -0.2) is 0 Å². The van der Waals surface area contributed by atoms with Gasteiger partial charge in [-0.3, -0.25) is 8.37 Å². The van der Waals surface area contributed by atoms with Gasteiger partial charge in [-0.1, -0.05) is 87.2 Å². The van der Waals surface area contributed by atoms with Crippen molar-refractivity contribution in [2.24, 2.45) is 0 Å². The van der Waals surface area contributed by atoms with E-state index >= 15 is 0 Å². The van der Waals surface area contributed by atoms with Crippen molar-refractivity contribution in [2.75, 3.05) is 20.5 Å². The number of hydrogen-bond acceptors (Lipinski definition) is 8. The second-order valence-electron chi connectivity index (χ2n) is 9.76. The Hall–Kier alpha value is -1.82. The van der Waals surface area contributed by atoms with E-state index in [1.54, 1.807) is 33.1 Å². The number of ether oxygens (including phenoxy) is 2. The molecule has 0 aromatic heterocycles. The SMILES string of the molecule is [2H]C([2H])([2H])C([2H])([2H])[C@H](OS(=O)(=O)c1ccc(C)cc1)[C@@H](CCCCCCCCCCOCOC)OS(=O)(=O)c1ccc(C)cc1. The molecular formula is C30H46O8S2. The second-order valence-corrected chi connectivity index (χ2v) is 12.9. The third kappa shape index (κ3) is 12.4. The van der Waals surface area contributed by atoms with Crippen molar-refractivity contribution in [1.29, 1.82) is 0 Å². The predicted octanol–water partition coefficient (Wildman–Crippen LogP) is 6.69. The quantitative estimate of drug-likeness (QED) is 0.0883. The molecule has 2 atom stereocenters. The molecule has 0 aliphatic rings. The molecule has 0 N–H and O–H groups in total. The molecule has 0 amide bonds. The molecule has 2 aromatic rings. The molecule has 10 heteroatoms. The van der Waals surface area contributed by atoms with Gasteiger partial charge in [0.15, 0.2) is 0 Å². The largest absolute Gasteiger partial charge is 0.359 e. The summed E-state index contributed by atoms with van der Waals surface area (Å²) in [6.45, 7) is 1.04. The third-order valence-corrected chi connectivity index (χ3v) is 8.97. The van der Waals surface area contributed by atoms with Crippen LogP contribution in [0.5, 0.6) is 0 Å². The van der Waals surface area contributed by atoms with E-state index in [1.807, 2.05) is 0 Å². The normalized spacial score (nSPS) is 16.3. The van der Waals surface area contributed by atoms with E-state index in [1.165, 1.54) is 36.4 Å². The first-order chi connectivity index (χ1) is 21.0. The molecule has 226 valence electrons. The molecule has 40 heavy (non-hydrogen) atoms. The number of hydrogen-bond donors (Lipinski definition) is 0. The summed E-state index contributed by atoms with van der Waals surface area (Å²) in [5.74, 6) is 0. The average Bonchev–Trinajstić information content (AvgIpc) is 2.95.